The zero-order chi connectivity index (χ0) is 60.9. The molecule has 10 heteroatoms. The molecule has 0 rings (SSSR count). The van der Waals surface area contributed by atoms with Crippen molar-refractivity contribution in [2.24, 2.45) is 5.73 Å². The van der Waals surface area contributed by atoms with Crippen LogP contribution in [0.25, 0.3) is 0 Å². The summed E-state index contributed by atoms with van der Waals surface area (Å²) in [5, 5.41) is 0. The second-order valence-electron chi connectivity index (χ2n) is 25.5. The summed E-state index contributed by atoms with van der Waals surface area (Å²) in [5.74, 6) is -0.801. The van der Waals surface area contributed by atoms with Crippen LogP contribution >= 0.6 is 7.82 Å². The van der Waals surface area contributed by atoms with Crippen LogP contribution in [0.5, 0.6) is 0 Å². The topological polar surface area (TPSA) is 134 Å². The van der Waals surface area contributed by atoms with Crippen molar-refractivity contribution >= 4 is 19.8 Å². The maximum absolute atomic E-state index is 12.8. The van der Waals surface area contributed by atoms with Gasteiger partial charge in [0.25, 0.3) is 0 Å². The summed E-state index contributed by atoms with van der Waals surface area (Å²) in [4.78, 5) is 35.4. The highest BCUT2D eigenvalue weighted by Crippen LogP contribution is 2.43. The Labute approximate surface area is 522 Å². The molecule has 0 aliphatic carbocycles. The largest absolute Gasteiger partial charge is 0.472 e. The molecule has 2 unspecified atom stereocenters. The van der Waals surface area contributed by atoms with E-state index in [-0.39, 0.29) is 38.6 Å². The minimum absolute atomic E-state index is 0.0571. The summed E-state index contributed by atoms with van der Waals surface area (Å²) in [6, 6.07) is 0. The molecule has 0 fully saturated rings. The minimum Gasteiger partial charge on any atom is -0.462 e. The Kier molecular flexibility index (Phi) is 69.3. The Morgan fingerprint density at radius 3 is 0.905 bits per heavy atom. The molecule has 2 atom stereocenters. The monoisotopic (exact) mass is 1210 g/mol. The first kappa shape index (κ1) is 82.5. The summed E-state index contributed by atoms with van der Waals surface area (Å²) in [5.41, 5.74) is 5.41. The Bertz CT molecular complexity index is 1430. The molecule has 84 heavy (non-hydrogen) atoms. The van der Waals surface area contributed by atoms with Crippen LogP contribution in [0.4, 0.5) is 0 Å². The van der Waals surface area contributed by atoms with E-state index in [0.717, 1.165) is 38.5 Å². The van der Waals surface area contributed by atoms with Gasteiger partial charge in [0.2, 0.25) is 0 Å². The third-order valence-electron chi connectivity index (χ3n) is 17.1. The molecule has 0 aromatic rings. The van der Waals surface area contributed by atoms with Crippen molar-refractivity contribution in [3.8, 4) is 0 Å². The molecule has 0 aliphatic heterocycles. The summed E-state index contributed by atoms with van der Waals surface area (Å²) < 4.78 is 33.2. The van der Waals surface area contributed by atoms with Crippen LogP contribution < -0.4 is 5.73 Å². The van der Waals surface area contributed by atoms with Gasteiger partial charge < -0.3 is 20.1 Å². The van der Waals surface area contributed by atoms with Crippen molar-refractivity contribution in [1.29, 1.82) is 0 Å². The quantitative estimate of drug-likeness (QED) is 0.0264. The number of ether oxygens (including phenoxy) is 2. The van der Waals surface area contributed by atoms with Crippen molar-refractivity contribution in [2.45, 2.75) is 412 Å². The van der Waals surface area contributed by atoms with Crippen molar-refractivity contribution in [3.05, 3.63) is 24.3 Å². The number of esters is 2. The number of hydrogen-bond acceptors (Lipinski definition) is 8. The predicted molar refractivity (Wildman–Crippen MR) is 363 cm³/mol. The van der Waals surface area contributed by atoms with E-state index >= 15 is 0 Å². The molecular weight excluding hydrogens is 1060 g/mol. The van der Waals surface area contributed by atoms with E-state index in [1.54, 1.807) is 0 Å². The first-order valence-electron chi connectivity index (χ1n) is 37.3. The molecule has 0 radical (unpaired) electrons. The molecule has 0 aliphatic rings. The van der Waals surface area contributed by atoms with Crippen LogP contribution in [0.1, 0.15) is 406 Å². The van der Waals surface area contributed by atoms with Crippen molar-refractivity contribution < 1.29 is 37.6 Å². The van der Waals surface area contributed by atoms with Gasteiger partial charge in [-0.1, -0.05) is 372 Å². The fourth-order valence-electron chi connectivity index (χ4n) is 11.6. The van der Waals surface area contributed by atoms with Crippen LogP contribution in [0.15, 0.2) is 24.3 Å². The standard InChI is InChI=1S/C74H144NO8P/c1-3-5-7-9-11-13-15-17-19-21-23-25-27-29-31-33-35-37-38-40-42-44-46-48-50-52-54-56-58-60-62-64-66-73(76)80-70-72(71-82-84(78,79)81-69-68-75)83-74(77)67-65-63-61-59-57-55-53-51-49-47-45-43-41-39-36-34-32-30-28-26-24-22-20-18-16-14-12-10-8-6-4-2/h16,18,22,24,72H,3-15,17,19-21,23,25-71,75H2,1-2H3,(H,78,79)/b18-16-,24-22-. The third-order valence-corrected chi connectivity index (χ3v) is 18.1. The van der Waals surface area contributed by atoms with Gasteiger partial charge in [0.05, 0.1) is 13.2 Å². The average Bonchev–Trinajstić information content (AvgIpc) is 3.58. The van der Waals surface area contributed by atoms with Gasteiger partial charge in [0, 0.05) is 19.4 Å². The molecule has 0 heterocycles. The second-order valence-corrected chi connectivity index (χ2v) is 27.0. The minimum atomic E-state index is -4.39. The maximum atomic E-state index is 12.8. The van der Waals surface area contributed by atoms with Gasteiger partial charge in [0.15, 0.2) is 6.10 Å². The molecule has 0 amide bonds. The van der Waals surface area contributed by atoms with Crippen LogP contribution in [0, 0.1) is 0 Å². The number of carbonyl (C=O) groups is 2. The first-order chi connectivity index (χ1) is 41.3. The molecule has 0 spiro atoms. The van der Waals surface area contributed by atoms with Crippen molar-refractivity contribution in [1.82, 2.24) is 0 Å². The van der Waals surface area contributed by atoms with E-state index < -0.39 is 26.5 Å². The molecule has 0 saturated carbocycles. The molecule has 498 valence electrons. The van der Waals surface area contributed by atoms with Gasteiger partial charge in [0.1, 0.15) is 6.61 Å². The predicted octanol–water partition coefficient (Wildman–Crippen LogP) is 24.5. The van der Waals surface area contributed by atoms with Crippen LogP contribution in [0.2, 0.25) is 0 Å². The number of carbonyl (C=O) groups excluding carboxylic acids is 2. The van der Waals surface area contributed by atoms with Crippen LogP contribution in [-0.4, -0.2) is 49.3 Å². The molecule has 0 aromatic carbocycles. The first-order valence-corrected chi connectivity index (χ1v) is 38.8. The second kappa shape index (κ2) is 70.6. The lowest BCUT2D eigenvalue weighted by Crippen LogP contribution is -2.29. The van der Waals surface area contributed by atoms with Crippen LogP contribution in [-0.2, 0) is 32.7 Å². The Morgan fingerprint density at radius 1 is 0.357 bits per heavy atom. The molecule has 0 bridgehead atoms. The average molecular weight is 1210 g/mol. The van der Waals surface area contributed by atoms with Gasteiger partial charge in [-0.05, 0) is 44.9 Å². The lowest BCUT2D eigenvalue weighted by molar-refractivity contribution is -0.161. The van der Waals surface area contributed by atoms with E-state index in [0.29, 0.717) is 6.42 Å². The molecule has 0 aromatic heterocycles. The van der Waals surface area contributed by atoms with E-state index in [4.69, 9.17) is 24.3 Å². The smallest absolute Gasteiger partial charge is 0.462 e. The zero-order valence-corrected chi connectivity index (χ0v) is 57.1. The van der Waals surface area contributed by atoms with E-state index in [9.17, 15) is 19.0 Å². The number of unbranched alkanes of at least 4 members (excludes halogenated alkanes) is 55. The number of phosphoric acid groups is 1. The van der Waals surface area contributed by atoms with Crippen molar-refractivity contribution in [3.63, 3.8) is 0 Å². The number of allylic oxidation sites excluding steroid dienone is 4. The fourth-order valence-corrected chi connectivity index (χ4v) is 12.3. The summed E-state index contributed by atoms with van der Waals surface area (Å²) >= 11 is 0. The third kappa shape index (κ3) is 69.6. The van der Waals surface area contributed by atoms with Crippen LogP contribution in [0.3, 0.4) is 0 Å². The maximum Gasteiger partial charge on any atom is 0.472 e. The Morgan fingerprint density at radius 2 is 0.619 bits per heavy atom. The van der Waals surface area contributed by atoms with Gasteiger partial charge in [-0.2, -0.15) is 0 Å². The van der Waals surface area contributed by atoms with Gasteiger partial charge in [-0.15, -0.1) is 0 Å². The van der Waals surface area contributed by atoms with Gasteiger partial charge in [-0.3, -0.25) is 18.6 Å². The summed E-state index contributed by atoms with van der Waals surface area (Å²) in [7, 11) is -4.39. The molecule has 3 N–H and O–H groups in total. The molecule has 0 saturated heterocycles. The number of hydrogen-bond donors (Lipinski definition) is 2. The lowest BCUT2D eigenvalue weighted by Gasteiger charge is -2.19. The lowest BCUT2D eigenvalue weighted by atomic mass is 10.0. The zero-order valence-electron chi connectivity index (χ0n) is 56.2. The highest BCUT2D eigenvalue weighted by molar-refractivity contribution is 7.47. The molecule has 9 nitrogen and oxygen atoms in total. The highest BCUT2D eigenvalue weighted by Gasteiger charge is 2.26. The number of nitrogens with two attached hydrogens (primary N) is 1. The number of rotatable bonds is 72. The highest BCUT2D eigenvalue weighted by atomic mass is 31.2. The van der Waals surface area contributed by atoms with Crippen molar-refractivity contribution in [2.75, 3.05) is 26.4 Å². The van der Waals surface area contributed by atoms with Gasteiger partial charge >= 0.3 is 19.8 Å². The summed E-state index contributed by atoms with van der Waals surface area (Å²) in [6.45, 7) is 3.82. The SMILES string of the molecule is CCCCCCC/C=C\C/C=C\CCCCCCCCCCCCCCCCCCCCCC(=O)OC(COC(=O)CCCCCCCCCCCCCCCCCCCCCCCCCCCCCCCCCC)COP(=O)(O)OCCN. The fraction of sp³-hybridized carbons (Fsp3) is 0.919. The molecular formula is C74H144NO8P. The summed E-state index contributed by atoms with van der Waals surface area (Å²) in [6.07, 6.45) is 87.3. The normalized spacial score (nSPS) is 13.0. The Hall–Kier alpha value is -1.51. The van der Waals surface area contributed by atoms with E-state index in [1.165, 1.54) is 334 Å². The van der Waals surface area contributed by atoms with E-state index in [1.807, 2.05) is 0 Å². The number of phosphoric ester groups is 1. The Balaban J connectivity index is 3.78. The van der Waals surface area contributed by atoms with Gasteiger partial charge in [-0.25, -0.2) is 4.57 Å². The van der Waals surface area contributed by atoms with E-state index in [2.05, 4.69) is 38.2 Å².